The molecule has 0 bridgehead atoms. The average molecular weight is 445 g/mol. The van der Waals surface area contributed by atoms with Crippen molar-refractivity contribution >= 4 is 33.3 Å². The molecule has 2 aromatic carbocycles. The Kier molecular flexibility index (Phi) is 5.08. The SMILES string of the molecule is O=C(Nc1ccc(F)c(C(F)(F)F)c1)Nc1ccc(Br)cc1-c1nn[nH]n1. The highest BCUT2D eigenvalue weighted by Crippen LogP contribution is 2.33. The number of tetrazole rings is 1. The van der Waals surface area contributed by atoms with Gasteiger partial charge in [0, 0.05) is 15.7 Å². The maximum Gasteiger partial charge on any atom is 0.419 e. The van der Waals surface area contributed by atoms with Crippen molar-refractivity contribution in [2.45, 2.75) is 6.18 Å². The zero-order valence-electron chi connectivity index (χ0n) is 13.1. The van der Waals surface area contributed by atoms with Crippen LogP contribution in [0.4, 0.5) is 33.7 Å². The van der Waals surface area contributed by atoms with E-state index in [2.05, 4.69) is 47.2 Å². The Morgan fingerprint density at radius 3 is 2.56 bits per heavy atom. The molecule has 0 aliphatic carbocycles. The molecule has 27 heavy (non-hydrogen) atoms. The molecule has 0 spiro atoms. The van der Waals surface area contributed by atoms with Gasteiger partial charge in [0.15, 0.2) is 0 Å². The smallest absolute Gasteiger partial charge is 0.308 e. The first-order valence-corrected chi connectivity index (χ1v) is 8.01. The molecule has 0 unspecified atom stereocenters. The zero-order chi connectivity index (χ0) is 19.6. The maximum atomic E-state index is 13.3. The lowest BCUT2D eigenvalue weighted by molar-refractivity contribution is -0.139. The number of H-pyrrole nitrogens is 1. The molecule has 0 saturated carbocycles. The van der Waals surface area contributed by atoms with Crippen LogP contribution < -0.4 is 10.6 Å². The van der Waals surface area contributed by atoms with Crippen molar-refractivity contribution in [2.75, 3.05) is 10.6 Å². The Balaban J connectivity index is 1.82. The number of nitrogens with zero attached hydrogens (tertiary/aromatic N) is 3. The highest BCUT2D eigenvalue weighted by molar-refractivity contribution is 9.10. The number of nitrogens with one attached hydrogen (secondary N) is 3. The number of halogens is 5. The van der Waals surface area contributed by atoms with Crippen molar-refractivity contribution < 1.29 is 22.4 Å². The number of rotatable bonds is 3. The molecule has 3 N–H and O–H groups in total. The van der Waals surface area contributed by atoms with Gasteiger partial charge in [0.05, 0.1) is 11.3 Å². The summed E-state index contributed by atoms with van der Waals surface area (Å²) in [5.74, 6) is -1.23. The number of hydrogen-bond donors (Lipinski definition) is 3. The van der Waals surface area contributed by atoms with E-state index in [0.717, 1.165) is 6.07 Å². The van der Waals surface area contributed by atoms with Crippen LogP contribution in [0.3, 0.4) is 0 Å². The van der Waals surface area contributed by atoms with Crippen molar-refractivity contribution in [3.8, 4) is 11.4 Å². The largest absolute Gasteiger partial charge is 0.419 e. The van der Waals surface area contributed by atoms with E-state index in [-0.39, 0.29) is 17.2 Å². The Hall–Kier alpha value is -3.02. The van der Waals surface area contributed by atoms with Gasteiger partial charge in [-0.25, -0.2) is 9.18 Å². The third-order valence-electron chi connectivity index (χ3n) is 3.35. The van der Waals surface area contributed by atoms with Crippen molar-refractivity contribution in [3.05, 3.63) is 52.3 Å². The summed E-state index contributed by atoms with van der Waals surface area (Å²) in [7, 11) is 0. The fourth-order valence-electron chi connectivity index (χ4n) is 2.19. The van der Waals surface area contributed by atoms with Gasteiger partial charge in [0.2, 0.25) is 5.82 Å². The number of carbonyl (C=O) groups is 1. The molecule has 0 saturated heterocycles. The van der Waals surface area contributed by atoms with E-state index in [4.69, 9.17) is 0 Å². The summed E-state index contributed by atoms with van der Waals surface area (Å²) in [6.45, 7) is 0. The van der Waals surface area contributed by atoms with Gasteiger partial charge in [-0.15, -0.1) is 10.2 Å². The maximum absolute atomic E-state index is 13.3. The summed E-state index contributed by atoms with van der Waals surface area (Å²) >= 11 is 3.28. The number of alkyl halides is 3. The van der Waals surface area contributed by atoms with Gasteiger partial charge in [-0.3, -0.25) is 0 Å². The van der Waals surface area contributed by atoms with Crippen LogP contribution in [0.25, 0.3) is 11.4 Å². The predicted molar refractivity (Wildman–Crippen MR) is 91.4 cm³/mol. The number of aromatic nitrogens is 4. The third-order valence-corrected chi connectivity index (χ3v) is 3.84. The third kappa shape index (κ3) is 4.39. The number of urea groups is 1. The summed E-state index contributed by atoms with van der Waals surface area (Å²) in [5.41, 5.74) is -0.991. The Bertz CT molecular complexity index is 977. The summed E-state index contributed by atoms with van der Waals surface area (Å²) in [5, 5.41) is 18.1. The van der Waals surface area contributed by atoms with E-state index >= 15 is 0 Å². The van der Waals surface area contributed by atoms with Crippen LogP contribution in [0.15, 0.2) is 40.9 Å². The summed E-state index contributed by atoms with van der Waals surface area (Å²) < 4.78 is 52.3. The lowest BCUT2D eigenvalue weighted by atomic mass is 10.1. The quantitative estimate of drug-likeness (QED) is 0.520. The fourth-order valence-corrected chi connectivity index (χ4v) is 2.55. The number of carbonyl (C=O) groups excluding carboxylic acids is 1. The van der Waals surface area contributed by atoms with Crippen LogP contribution >= 0.6 is 15.9 Å². The number of anilines is 2. The molecule has 0 fully saturated rings. The van der Waals surface area contributed by atoms with E-state index in [1.165, 1.54) is 0 Å². The molecule has 7 nitrogen and oxygen atoms in total. The molecular weight excluding hydrogens is 436 g/mol. The van der Waals surface area contributed by atoms with E-state index in [9.17, 15) is 22.4 Å². The van der Waals surface area contributed by atoms with Crippen LogP contribution in [-0.4, -0.2) is 26.7 Å². The summed E-state index contributed by atoms with van der Waals surface area (Å²) in [6, 6.07) is 6.13. The molecule has 12 heteroatoms. The molecular formula is C15H9BrF4N6O. The van der Waals surface area contributed by atoms with Gasteiger partial charge < -0.3 is 10.6 Å². The minimum atomic E-state index is -4.88. The first-order valence-electron chi connectivity index (χ1n) is 7.22. The second-order valence-electron chi connectivity index (χ2n) is 5.20. The van der Waals surface area contributed by atoms with Gasteiger partial charge >= 0.3 is 12.2 Å². The molecule has 0 aliphatic rings. The lowest BCUT2D eigenvalue weighted by Gasteiger charge is -2.13. The molecule has 3 rings (SSSR count). The Morgan fingerprint density at radius 1 is 1.11 bits per heavy atom. The van der Waals surface area contributed by atoms with Crippen molar-refractivity contribution in [1.82, 2.24) is 20.6 Å². The average Bonchev–Trinajstić information content (AvgIpc) is 3.11. The van der Waals surface area contributed by atoms with Crippen LogP contribution in [0.1, 0.15) is 5.56 Å². The number of hydrogen-bond acceptors (Lipinski definition) is 4. The first kappa shape index (κ1) is 18.8. The van der Waals surface area contributed by atoms with E-state index in [0.29, 0.717) is 22.2 Å². The molecule has 1 heterocycles. The number of benzene rings is 2. The van der Waals surface area contributed by atoms with E-state index < -0.39 is 23.6 Å². The van der Waals surface area contributed by atoms with E-state index in [1.54, 1.807) is 18.2 Å². The minimum absolute atomic E-state index is 0.202. The molecule has 0 aliphatic heterocycles. The van der Waals surface area contributed by atoms with Gasteiger partial charge in [-0.1, -0.05) is 15.9 Å². The fraction of sp³-hybridized carbons (Fsp3) is 0.0667. The normalized spacial score (nSPS) is 11.3. The van der Waals surface area contributed by atoms with Crippen LogP contribution in [0.5, 0.6) is 0 Å². The summed E-state index contributed by atoms with van der Waals surface area (Å²) in [4.78, 5) is 12.2. The minimum Gasteiger partial charge on any atom is -0.308 e. The van der Waals surface area contributed by atoms with Crippen molar-refractivity contribution in [3.63, 3.8) is 0 Å². The second kappa shape index (κ2) is 7.31. The van der Waals surface area contributed by atoms with Crippen LogP contribution in [-0.2, 0) is 6.18 Å². The topological polar surface area (TPSA) is 95.6 Å². The second-order valence-corrected chi connectivity index (χ2v) is 6.11. The van der Waals surface area contributed by atoms with Gasteiger partial charge in [0.25, 0.3) is 0 Å². The predicted octanol–water partition coefficient (Wildman–Crippen LogP) is 4.43. The van der Waals surface area contributed by atoms with Gasteiger partial charge in [-0.2, -0.15) is 18.4 Å². The monoisotopic (exact) mass is 444 g/mol. The molecule has 0 atom stereocenters. The van der Waals surface area contributed by atoms with Crippen molar-refractivity contribution in [1.29, 1.82) is 0 Å². The first-order chi connectivity index (χ1) is 12.7. The van der Waals surface area contributed by atoms with E-state index in [1.807, 2.05) is 0 Å². The number of aromatic amines is 1. The Morgan fingerprint density at radius 2 is 1.89 bits per heavy atom. The molecule has 140 valence electrons. The highest BCUT2D eigenvalue weighted by atomic mass is 79.9. The molecule has 1 aromatic heterocycles. The van der Waals surface area contributed by atoms with Crippen molar-refractivity contribution in [2.24, 2.45) is 0 Å². The highest BCUT2D eigenvalue weighted by Gasteiger charge is 2.34. The van der Waals surface area contributed by atoms with Gasteiger partial charge in [0.1, 0.15) is 5.82 Å². The Labute approximate surface area is 157 Å². The molecule has 0 radical (unpaired) electrons. The zero-order valence-corrected chi connectivity index (χ0v) is 14.7. The van der Waals surface area contributed by atoms with Gasteiger partial charge in [-0.05, 0) is 41.6 Å². The molecule has 2 amide bonds. The molecule has 3 aromatic rings. The number of amides is 2. The van der Waals surface area contributed by atoms with Crippen LogP contribution in [0.2, 0.25) is 0 Å². The summed E-state index contributed by atoms with van der Waals surface area (Å²) in [6.07, 6.45) is -4.88. The van der Waals surface area contributed by atoms with Crippen LogP contribution in [0, 0.1) is 5.82 Å². The lowest BCUT2D eigenvalue weighted by Crippen LogP contribution is -2.20. The standard InChI is InChI=1S/C15H9BrF4N6O/c16-7-1-4-12(9(5-7)13-23-25-26-24-13)22-14(27)21-8-2-3-11(17)10(6-8)15(18,19)20/h1-6H,(H2,21,22,27)(H,23,24,25,26).